The van der Waals surface area contributed by atoms with Crippen LogP contribution >= 0.6 is 0 Å². The first-order valence-corrected chi connectivity index (χ1v) is 7.53. The average molecular weight is 282 g/mol. The Kier molecular flexibility index (Phi) is 4.20. The van der Waals surface area contributed by atoms with Crippen molar-refractivity contribution < 1.29 is 4.74 Å². The summed E-state index contributed by atoms with van der Waals surface area (Å²) in [7, 11) is 1.64. The molecule has 0 bridgehead atoms. The fraction of sp³-hybridized carbons (Fsp3) is 0.389. The van der Waals surface area contributed by atoms with E-state index in [9.17, 15) is 0 Å². The molecule has 1 heterocycles. The number of nitrogens with zero attached hydrogens (tertiary/aromatic N) is 1. The van der Waals surface area contributed by atoms with Crippen LogP contribution in [0, 0.1) is 6.92 Å². The highest BCUT2D eigenvalue weighted by atomic mass is 16.5. The van der Waals surface area contributed by atoms with E-state index in [4.69, 9.17) is 4.74 Å². The Labute approximate surface area is 126 Å². The molecule has 21 heavy (non-hydrogen) atoms. The van der Waals surface area contributed by atoms with Gasteiger partial charge in [0.05, 0.1) is 7.11 Å². The summed E-state index contributed by atoms with van der Waals surface area (Å²) in [4.78, 5) is 4.23. The predicted octanol–water partition coefficient (Wildman–Crippen LogP) is 3.43. The fourth-order valence-electron chi connectivity index (χ4n) is 2.88. The molecule has 2 aromatic rings. The van der Waals surface area contributed by atoms with Crippen molar-refractivity contribution in [2.45, 2.75) is 38.3 Å². The fourth-order valence-corrected chi connectivity index (χ4v) is 2.88. The lowest BCUT2D eigenvalue weighted by Gasteiger charge is -2.36. The third-order valence-electron chi connectivity index (χ3n) is 4.25. The van der Waals surface area contributed by atoms with E-state index in [1.165, 1.54) is 29.5 Å². The lowest BCUT2D eigenvalue weighted by Crippen LogP contribution is -2.39. The van der Waals surface area contributed by atoms with Gasteiger partial charge in [0.25, 0.3) is 0 Å². The molecule has 3 heteroatoms. The Bertz CT molecular complexity index is 588. The number of methoxy groups -OCH3 is 1. The van der Waals surface area contributed by atoms with Gasteiger partial charge in [-0.3, -0.25) is 0 Å². The van der Waals surface area contributed by atoms with Gasteiger partial charge < -0.3 is 10.1 Å². The molecule has 1 aromatic heterocycles. The van der Waals surface area contributed by atoms with Crippen LogP contribution in [0.25, 0.3) is 0 Å². The van der Waals surface area contributed by atoms with Crippen molar-refractivity contribution >= 4 is 0 Å². The largest absolute Gasteiger partial charge is 0.481 e. The molecule has 1 saturated carbocycles. The Morgan fingerprint density at radius 3 is 2.76 bits per heavy atom. The van der Waals surface area contributed by atoms with E-state index < -0.39 is 0 Å². The number of pyridine rings is 1. The normalized spacial score (nSPS) is 20.9. The van der Waals surface area contributed by atoms with Crippen LogP contribution in [0.4, 0.5) is 0 Å². The summed E-state index contributed by atoms with van der Waals surface area (Å²) >= 11 is 0. The SMILES string of the molecule is COc1ccc(CNC2CC(c3cccc(C)c3)C2)cn1. The number of benzene rings is 1. The Hall–Kier alpha value is -1.87. The maximum Gasteiger partial charge on any atom is 0.212 e. The molecule has 1 fully saturated rings. The lowest BCUT2D eigenvalue weighted by molar-refractivity contribution is 0.289. The quantitative estimate of drug-likeness (QED) is 0.912. The first kappa shape index (κ1) is 14.1. The first-order valence-electron chi connectivity index (χ1n) is 7.53. The molecule has 3 nitrogen and oxygen atoms in total. The predicted molar refractivity (Wildman–Crippen MR) is 84.6 cm³/mol. The smallest absolute Gasteiger partial charge is 0.212 e. The van der Waals surface area contributed by atoms with Gasteiger partial charge in [-0.15, -0.1) is 0 Å². The molecule has 0 aliphatic heterocycles. The second-order valence-electron chi connectivity index (χ2n) is 5.87. The van der Waals surface area contributed by atoms with Crippen molar-refractivity contribution in [1.82, 2.24) is 10.3 Å². The molecule has 110 valence electrons. The minimum atomic E-state index is 0.623. The molecular weight excluding hydrogens is 260 g/mol. The van der Waals surface area contributed by atoms with Gasteiger partial charge in [0.1, 0.15) is 0 Å². The van der Waals surface area contributed by atoms with Crippen LogP contribution in [0.3, 0.4) is 0 Å². The molecule has 1 aliphatic rings. The maximum absolute atomic E-state index is 5.07. The van der Waals surface area contributed by atoms with Crippen LogP contribution < -0.4 is 10.1 Å². The highest BCUT2D eigenvalue weighted by molar-refractivity contribution is 5.27. The average Bonchev–Trinajstić information content (AvgIpc) is 2.46. The third kappa shape index (κ3) is 3.42. The second kappa shape index (κ2) is 6.27. The molecule has 0 saturated heterocycles. The highest BCUT2D eigenvalue weighted by Crippen LogP contribution is 2.37. The summed E-state index contributed by atoms with van der Waals surface area (Å²) in [5.41, 5.74) is 4.04. The Morgan fingerprint density at radius 2 is 2.10 bits per heavy atom. The van der Waals surface area contributed by atoms with Gasteiger partial charge in [-0.25, -0.2) is 4.98 Å². The summed E-state index contributed by atoms with van der Waals surface area (Å²) in [6, 6.07) is 13.5. The van der Waals surface area contributed by atoms with Crippen molar-refractivity contribution in [3.63, 3.8) is 0 Å². The van der Waals surface area contributed by atoms with Gasteiger partial charge >= 0.3 is 0 Å². The topological polar surface area (TPSA) is 34.1 Å². The zero-order chi connectivity index (χ0) is 14.7. The van der Waals surface area contributed by atoms with E-state index in [0.717, 1.165) is 12.5 Å². The van der Waals surface area contributed by atoms with Crippen molar-refractivity contribution in [2.24, 2.45) is 0 Å². The zero-order valence-electron chi connectivity index (χ0n) is 12.7. The molecule has 0 unspecified atom stereocenters. The van der Waals surface area contributed by atoms with Crippen LogP contribution in [0.2, 0.25) is 0 Å². The molecule has 3 rings (SSSR count). The summed E-state index contributed by atoms with van der Waals surface area (Å²) in [6.45, 7) is 3.04. The molecular formula is C18H22N2O. The van der Waals surface area contributed by atoms with Gasteiger partial charge in [-0.2, -0.15) is 0 Å². The molecule has 1 aromatic carbocycles. The molecule has 0 atom stereocenters. The van der Waals surface area contributed by atoms with Gasteiger partial charge in [-0.05, 0) is 36.8 Å². The number of aryl methyl sites for hydroxylation is 1. The van der Waals surface area contributed by atoms with E-state index in [1.54, 1.807) is 7.11 Å². The third-order valence-corrected chi connectivity index (χ3v) is 4.25. The van der Waals surface area contributed by atoms with Gasteiger partial charge in [0.15, 0.2) is 0 Å². The molecule has 1 N–H and O–H groups in total. The number of nitrogens with one attached hydrogen (secondary N) is 1. The van der Waals surface area contributed by atoms with Crippen LogP contribution in [-0.4, -0.2) is 18.1 Å². The number of ether oxygens (including phenoxy) is 1. The second-order valence-corrected chi connectivity index (χ2v) is 5.87. The van der Waals surface area contributed by atoms with Gasteiger partial charge in [0.2, 0.25) is 5.88 Å². The van der Waals surface area contributed by atoms with Crippen LogP contribution in [-0.2, 0) is 6.54 Å². The van der Waals surface area contributed by atoms with Gasteiger partial charge in [-0.1, -0.05) is 35.9 Å². The van der Waals surface area contributed by atoms with Gasteiger partial charge in [0, 0.05) is 24.8 Å². The first-order chi connectivity index (χ1) is 10.2. The zero-order valence-corrected chi connectivity index (χ0v) is 12.7. The number of rotatable bonds is 5. The monoisotopic (exact) mass is 282 g/mol. The van der Waals surface area contributed by atoms with Crippen molar-refractivity contribution in [2.75, 3.05) is 7.11 Å². The van der Waals surface area contributed by atoms with Crippen molar-refractivity contribution in [1.29, 1.82) is 0 Å². The van der Waals surface area contributed by atoms with Crippen molar-refractivity contribution in [3.8, 4) is 5.88 Å². The van der Waals surface area contributed by atoms with Crippen LogP contribution in [0.1, 0.15) is 35.4 Å². The number of hydrogen-bond acceptors (Lipinski definition) is 3. The van der Waals surface area contributed by atoms with Crippen LogP contribution in [0.15, 0.2) is 42.6 Å². The molecule has 0 amide bonds. The Balaban J connectivity index is 1.46. The molecule has 1 aliphatic carbocycles. The van der Waals surface area contributed by atoms with E-state index in [-0.39, 0.29) is 0 Å². The number of hydrogen-bond donors (Lipinski definition) is 1. The summed E-state index contributed by atoms with van der Waals surface area (Å²) < 4.78 is 5.07. The highest BCUT2D eigenvalue weighted by Gasteiger charge is 2.29. The van der Waals surface area contributed by atoms with E-state index >= 15 is 0 Å². The van der Waals surface area contributed by atoms with E-state index in [1.807, 2.05) is 12.3 Å². The molecule has 0 radical (unpaired) electrons. The van der Waals surface area contributed by atoms with E-state index in [2.05, 4.69) is 47.6 Å². The van der Waals surface area contributed by atoms with E-state index in [0.29, 0.717) is 11.9 Å². The lowest BCUT2D eigenvalue weighted by atomic mass is 9.75. The minimum absolute atomic E-state index is 0.623. The minimum Gasteiger partial charge on any atom is -0.481 e. The maximum atomic E-state index is 5.07. The summed E-state index contributed by atoms with van der Waals surface area (Å²) in [5, 5.41) is 3.61. The summed E-state index contributed by atoms with van der Waals surface area (Å²) in [6.07, 6.45) is 4.34. The van der Waals surface area contributed by atoms with Crippen LogP contribution in [0.5, 0.6) is 5.88 Å². The van der Waals surface area contributed by atoms with Crippen molar-refractivity contribution in [3.05, 3.63) is 59.3 Å². The Morgan fingerprint density at radius 1 is 1.24 bits per heavy atom. The number of aromatic nitrogens is 1. The molecule has 0 spiro atoms. The summed E-state index contributed by atoms with van der Waals surface area (Å²) in [5.74, 6) is 1.39. The standard InChI is InChI=1S/C18H22N2O/c1-13-4-3-5-15(8-13)16-9-17(10-16)19-11-14-6-7-18(21-2)20-12-14/h3-8,12,16-17,19H,9-11H2,1-2H3.